The Morgan fingerprint density at radius 1 is 1.38 bits per heavy atom. The molecule has 0 radical (unpaired) electrons. The number of hydrogen-bond acceptors (Lipinski definition) is 2. The average Bonchev–Trinajstić information content (AvgIpc) is 3.08. The van der Waals surface area contributed by atoms with Gasteiger partial charge >= 0.3 is 0 Å². The van der Waals surface area contributed by atoms with Gasteiger partial charge < -0.3 is 10.6 Å². The first-order valence-corrected chi connectivity index (χ1v) is 5.90. The summed E-state index contributed by atoms with van der Waals surface area (Å²) >= 11 is 5.81. The van der Waals surface area contributed by atoms with E-state index in [1.54, 1.807) is 24.3 Å². The third-order valence-corrected chi connectivity index (χ3v) is 2.74. The van der Waals surface area contributed by atoms with E-state index in [1.807, 2.05) is 0 Å². The Labute approximate surface area is 100 Å². The van der Waals surface area contributed by atoms with Gasteiger partial charge in [0.25, 0.3) is 5.91 Å². The summed E-state index contributed by atoms with van der Waals surface area (Å²) in [6.07, 6.45) is 2.53. The van der Waals surface area contributed by atoms with Crippen molar-refractivity contribution in [3.63, 3.8) is 0 Å². The summed E-state index contributed by atoms with van der Waals surface area (Å²) in [5.41, 5.74) is 0.610. The Bertz CT molecular complexity index is 377. The van der Waals surface area contributed by atoms with Gasteiger partial charge in [0, 0.05) is 29.7 Å². The SMILES string of the molecule is O=C(NCCNC1CC1)c1cccc(Cl)c1. The van der Waals surface area contributed by atoms with E-state index in [-0.39, 0.29) is 5.91 Å². The molecule has 0 saturated heterocycles. The van der Waals surface area contributed by atoms with Gasteiger partial charge in [-0.3, -0.25) is 4.79 Å². The summed E-state index contributed by atoms with van der Waals surface area (Å²) in [6.45, 7) is 1.48. The van der Waals surface area contributed by atoms with Crippen molar-refractivity contribution in [3.8, 4) is 0 Å². The number of benzene rings is 1. The second-order valence-electron chi connectivity index (χ2n) is 3.99. The predicted octanol–water partition coefficient (Wildman–Crippen LogP) is 1.82. The lowest BCUT2D eigenvalue weighted by atomic mass is 10.2. The zero-order valence-electron chi connectivity index (χ0n) is 9.00. The van der Waals surface area contributed by atoms with Crippen LogP contribution in [0, 0.1) is 0 Å². The molecule has 1 aliphatic carbocycles. The zero-order chi connectivity index (χ0) is 11.4. The first-order chi connectivity index (χ1) is 7.75. The smallest absolute Gasteiger partial charge is 0.251 e. The largest absolute Gasteiger partial charge is 0.351 e. The molecule has 4 heteroatoms. The highest BCUT2D eigenvalue weighted by atomic mass is 35.5. The first-order valence-electron chi connectivity index (χ1n) is 5.53. The molecule has 0 heterocycles. The van der Waals surface area contributed by atoms with Gasteiger partial charge in [-0.15, -0.1) is 0 Å². The third kappa shape index (κ3) is 3.51. The van der Waals surface area contributed by atoms with Crippen molar-refractivity contribution in [2.75, 3.05) is 13.1 Å². The van der Waals surface area contributed by atoms with Gasteiger partial charge in [0.2, 0.25) is 0 Å². The molecule has 2 N–H and O–H groups in total. The maximum absolute atomic E-state index is 11.7. The van der Waals surface area contributed by atoms with E-state index in [0.717, 1.165) is 6.54 Å². The fraction of sp³-hybridized carbons (Fsp3) is 0.417. The van der Waals surface area contributed by atoms with Crippen LogP contribution in [0.2, 0.25) is 5.02 Å². The highest BCUT2D eigenvalue weighted by Gasteiger charge is 2.19. The van der Waals surface area contributed by atoms with E-state index >= 15 is 0 Å². The molecule has 3 nitrogen and oxygen atoms in total. The van der Waals surface area contributed by atoms with Crippen molar-refractivity contribution < 1.29 is 4.79 Å². The van der Waals surface area contributed by atoms with E-state index in [4.69, 9.17) is 11.6 Å². The third-order valence-electron chi connectivity index (χ3n) is 2.51. The van der Waals surface area contributed by atoms with Crippen LogP contribution in [0.3, 0.4) is 0 Å². The maximum Gasteiger partial charge on any atom is 0.251 e. The van der Waals surface area contributed by atoms with Gasteiger partial charge in [-0.25, -0.2) is 0 Å². The number of carbonyl (C=O) groups excluding carboxylic acids is 1. The van der Waals surface area contributed by atoms with Gasteiger partial charge in [0.1, 0.15) is 0 Å². The zero-order valence-corrected chi connectivity index (χ0v) is 9.76. The molecule has 86 valence electrons. The Hall–Kier alpha value is -1.06. The van der Waals surface area contributed by atoms with Crippen molar-refractivity contribution in [1.29, 1.82) is 0 Å². The minimum absolute atomic E-state index is 0.0694. The quantitative estimate of drug-likeness (QED) is 0.769. The minimum Gasteiger partial charge on any atom is -0.351 e. The van der Waals surface area contributed by atoms with Crippen LogP contribution >= 0.6 is 11.6 Å². The number of rotatable bonds is 5. The Morgan fingerprint density at radius 3 is 2.88 bits per heavy atom. The van der Waals surface area contributed by atoms with Crippen molar-refractivity contribution in [2.24, 2.45) is 0 Å². The summed E-state index contributed by atoms with van der Waals surface area (Å²) in [6, 6.07) is 7.65. The summed E-state index contributed by atoms with van der Waals surface area (Å²) in [4.78, 5) is 11.7. The van der Waals surface area contributed by atoms with Crippen molar-refractivity contribution in [3.05, 3.63) is 34.9 Å². The number of hydrogen-bond donors (Lipinski definition) is 2. The summed E-state index contributed by atoms with van der Waals surface area (Å²) < 4.78 is 0. The number of carbonyl (C=O) groups is 1. The molecule has 0 atom stereocenters. The van der Waals surface area contributed by atoms with Crippen LogP contribution in [0.5, 0.6) is 0 Å². The van der Waals surface area contributed by atoms with Crippen molar-refractivity contribution in [1.82, 2.24) is 10.6 Å². The van der Waals surface area contributed by atoms with Crippen LogP contribution in [0.1, 0.15) is 23.2 Å². The Kier molecular flexibility index (Phi) is 3.80. The van der Waals surface area contributed by atoms with Crippen LogP contribution < -0.4 is 10.6 Å². The standard InChI is InChI=1S/C12H15ClN2O/c13-10-3-1-2-9(8-10)12(16)15-7-6-14-11-4-5-11/h1-3,8,11,14H,4-7H2,(H,15,16). The molecule has 0 bridgehead atoms. The second kappa shape index (κ2) is 5.32. The molecule has 1 amide bonds. The van der Waals surface area contributed by atoms with E-state index < -0.39 is 0 Å². The maximum atomic E-state index is 11.7. The van der Waals surface area contributed by atoms with Gasteiger partial charge in [-0.1, -0.05) is 17.7 Å². The molecular formula is C12H15ClN2O. The molecule has 0 aliphatic heterocycles. The summed E-state index contributed by atoms with van der Waals surface area (Å²) in [5, 5.41) is 6.77. The van der Waals surface area contributed by atoms with E-state index in [0.29, 0.717) is 23.2 Å². The fourth-order valence-electron chi connectivity index (χ4n) is 1.47. The molecule has 1 saturated carbocycles. The Morgan fingerprint density at radius 2 is 2.19 bits per heavy atom. The van der Waals surface area contributed by atoms with Gasteiger partial charge in [0.05, 0.1) is 0 Å². The van der Waals surface area contributed by atoms with E-state index in [2.05, 4.69) is 10.6 Å². The average molecular weight is 239 g/mol. The van der Waals surface area contributed by atoms with Crippen molar-refractivity contribution in [2.45, 2.75) is 18.9 Å². The minimum atomic E-state index is -0.0694. The molecule has 0 aromatic heterocycles. The monoisotopic (exact) mass is 238 g/mol. The highest BCUT2D eigenvalue weighted by Crippen LogP contribution is 2.17. The van der Waals surface area contributed by atoms with Gasteiger partial charge in [-0.05, 0) is 31.0 Å². The molecule has 0 unspecified atom stereocenters. The fourth-order valence-corrected chi connectivity index (χ4v) is 1.66. The van der Waals surface area contributed by atoms with Crippen LogP contribution in [-0.2, 0) is 0 Å². The molecule has 0 spiro atoms. The predicted molar refractivity (Wildman–Crippen MR) is 64.8 cm³/mol. The molecule has 1 aliphatic rings. The second-order valence-corrected chi connectivity index (χ2v) is 4.43. The first kappa shape index (κ1) is 11.4. The highest BCUT2D eigenvalue weighted by molar-refractivity contribution is 6.30. The van der Waals surface area contributed by atoms with Gasteiger partial charge in [-0.2, -0.15) is 0 Å². The van der Waals surface area contributed by atoms with E-state index in [1.165, 1.54) is 12.8 Å². The van der Waals surface area contributed by atoms with Gasteiger partial charge in [0.15, 0.2) is 0 Å². The lowest BCUT2D eigenvalue weighted by molar-refractivity contribution is 0.0954. The lowest BCUT2D eigenvalue weighted by Gasteiger charge is -2.06. The topological polar surface area (TPSA) is 41.1 Å². The van der Waals surface area contributed by atoms with Crippen molar-refractivity contribution >= 4 is 17.5 Å². The van der Waals surface area contributed by atoms with E-state index in [9.17, 15) is 4.79 Å². The normalized spacial score (nSPS) is 14.8. The van der Waals surface area contributed by atoms with Crippen LogP contribution in [0.25, 0.3) is 0 Å². The summed E-state index contributed by atoms with van der Waals surface area (Å²) in [7, 11) is 0. The molecular weight excluding hydrogens is 224 g/mol. The molecule has 1 fully saturated rings. The molecule has 1 aromatic carbocycles. The summed E-state index contributed by atoms with van der Waals surface area (Å²) in [5.74, 6) is -0.0694. The number of nitrogens with one attached hydrogen (secondary N) is 2. The van der Waals surface area contributed by atoms with Crippen LogP contribution in [-0.4, -0.2) is 25.0 Å². The lowest BCUT2D eigenvalue weighted by Crippen LogP contribution is -2.32. The molecule has 2 rings (SSSR count). The Balaban J connectivity index is 1.73. The molecule has 16 heavy (non-hydrogen) atoms. The van der Waals surface area contributed by atoms with Crippen LogP contribution in [0.15, 0.2) is 24.3 Å². The van der Waals surface area contributed by atoms with Crippen LogP contribution in [0.4, 0.5) is 0 Å². The number of halogens is 1. The molecule has 1 aromatic rings. The number of amides is 1.